The van der Waals surface area contributed by atoms with Gasteiger partial charge < -0.3 is 4.57 Å². The minimum absolute atomic E-state index is 0.580. The van der Waals surface area contributed by atoms with Gasteiger partial charge in [0.2, 0.25) is 0 Å². The SMILES string of the molecule is C1=CC(C2(c3ccccc3)c3cccc4c3-n3c5c2cc(-c2nc(-c6ccccc6)nc(-c6ccccc6)n2)cc5c2cc(-c5nc(-c6ccccc6)nc(-c6ccccc6)n5)cc(c23)C4(c2ccccc2)c2ccccc2)=CCC1. The van der Waals surface area contributed by atoms with Crippen LogP contribution in [0.4, 0.5) is 0 Å². The minimum atomic E-state index is -0.840. The van der Waals surface area contributed by atoms with Crippen molar-refractivity contribution < 1.29 is 0 Å². The number of hydrogen-bond acceptors (Lipinski definition) is 6. The van der Waals surface area contributed by atoms with Crippen LogP contribution in [0.15, 0.2) is 279 Å². The molecule has 1 aliphatic carbocycles. The van der Waals surface area contributed by atoms with Crippen LogP contribution in [0.2, 0.25) is 0 Å². The number of rotatable bonds is 10. The Morgan fingerprint density at radius 2 is 0.630 bits per heavy atom. The summed E-state index contributed by atoms with van der Waals surface area (Å²) in [6, 6.07) is 90.9. The van der Waals surface area contributed by atoms with Gasteiger partial charge in [-0.05, 0) is 81.6 Å². The maximum atomic E-state index is 5.45. The number of hydrogen-bond donors (Lipinski definition) is 0. The summed E-state index contributed by atoms with van der Waals surface area (Å²) in [6.45, 7) is 0. The Labute approximate surface area is 469 Å². The number of allylic oxidation sites excluding steroid dienone is 4. The van der Waals surface area contributed by atoms with Gasteiger partial charge in [-0.15, -0.1) is 0 Å². The standard InChI is InChI=1S/C74H49N7/c1-9-26-48(27-10-1)67-75-68(49-28-11-2-12-29-49)78-71(77-67)52-44-58-59-45-53(72-79-69(50-30-13-3-14-31-50)76-70(80-72)51-32-15-4-16-33-51)47-63-65(59)81-64(58)62(46-52)73(54-34-17-5-18-35-54,55-36-19-6-20-37-55)60-42-25-43-61(66(60)81)74(63,56-38-21-7-22-39-56)57-40-23-8-24-41-57/h1-7,9-23,25-47H,8,24H2. The van der Waals surface area contributed by atoms with Gasteiger partial charge in [0.15, 0.2) is 34.9 Å². The fraction of sp³-hybridized carbons (Fsp3) is 0.0541. The Balaban J connectivity index is 1.12. The molecule has 1 unspecified atom stereocenters. The second-order valence-corrected chi connectivity index (χ2v) is 21.2. The first kappa shape index (κ1) is 46.6. The summed E-state index contributed by atoms with van der Waals surface area (Å²) in [5.74, 6) is 3.58. The van der Waals surface area contributed by atoms with Crippen molar-refractivity contribution in [2.45, 2.75) is 23.7 Å². The monoisotopic (exact) mass is 1040 g/mol. The lowest BCUT2D eigenvalue weighted by atomic mass is 9.58. The molecule has 3 aromatic heterocycles. The molecule has 3 aliphatic rings. The zero-order valence-electron chi connectivity index (χ0n) is 44.0. The van der Waals surface area contributed by atoms with E-state index in [0.717, 1.165) is 90.3 Å². The predicted octanol–water partition coefficient (Wildman–Crippen LogP) is 16.8. The van der Waals surface area contributed by atoms with Crippen LogP contribution in [0, 0.1) is 0 Å². The summed E-state index contributed by atoms with van der Waals surface area (Å²) in [6.07, 6.45) is 9.12. The summed E-state index contributed by atoms with van der Waals surface area (Å²) in [7, 11) is 0. The van der Waals surface area contributed by atoms with E-state index in [2.05, 4.69) is 205 Å². The summed E-state index contributed by atoms with van der Waals surface area (Å²) < 4.78 is 2.61. The Hall–Kier alpha value is -10.5. The first-order chi connectivity index (χ1) is 40.2. The fourth-order valence-corrected chi connectivity index (χ4v) is 13.4. The van der Waals surface area contributed by atoms with Crippen molar-refractivity contribution in [2.24, 2.45) is 0 Å². The Morgan fingerprint density at radius 1 is 0.296 bits per heavy atom. The van der Waals surface area contributed by atoms with Crippen molar-refractivity contribution >= 4 is 21.8 Å². The van der Waals surface area contributed by atoms with Crippen molar-refractivity contribution in [3.63, 3.8) is 0 Å². The summed E-state index contributed by atoms with van der Waals surface area (Å²) in [5, 5.41) is 2.14. The van der Waals surface area contributed by atoms with Crippen LogP contribution in [-0.2, 0) is 10.8 Å². The van der Waals surface area contributed by atoms with Crippen LogP contribution >= 0.6 is 0 Å². The van der Waals surface area contributed by atoms with Crippen molar-refractivity contribution in [2.75, 3.05) is 0 Å². The van der Waals surface area contributed by atoms with Gasteiger partial charge >= 0.3 is 0 Å². The van der Waals surface area contributed by atoms with Crippen molar-refractivity contribution in [1.82, 2.24) is 34.5 Å². The van der Waals surface area contributed by atoms with E-state index in [4.69, 9.17) is 29.9 Å². The molecule has 2 aliphatic heterocycles. The molecule has 7 heteroatoms. The second-order valence-electron chi connectivity index (χ2n) is 21.2. The molecule has 380 valence electrons. The molecule has 0 spiro atoms. The average molecular weight is 1040 g/mol. The molecule has 0 bridgehead atoms. The van der Waals surface area contributed by atoms with E-state index in [9.17, 15) is 0 Å². The number of aromatic nitrogens is 7. The zero-order chi connectivity index (χ0) is 53.5. The fourth-order valence-electron chi connectivity index (χ4n) is 13.4. The lowest BCUT2D eigenvalue weighted by Gasteiger charge is -2.48. The van der Waals surface area contributed by atoms with E-state index in [-0.39, 0.29) is 0 Å². The van der Waals surface area contributed by atoms with Gasteiger partial charge in [0.25, 0.3) is 0 Å². The third kappa shape index (κ3) is 7.08. The van der Waals surface area contributed by atoms with Crippen molar-refractivity contribution in [3.8, 4) is 74.0 Å². The zero-order valence-corrected chi connectivity index (χ0v) is 44.0. The van der Waals surface area contributed by atoms with E-state index in [1.54, 1.807) is 0 Å². The first-order valence-corrected chi connectivity index (χ1v) is 27.8. The van der Waals surface area contributed by atoms with Gasteiger partial charge in [-0.2, -0.15) is 0 Å². The lowest BCUT2D eigenvalue weighted by molar-refractivity contribution is 0.678. The van der Waals surface area contributed by atoms with Gasteiger partial charge in [-0.1, -0.05) is 249 Å². The highest BCUT2D eigenvalue weighted by molar-refractivity contribution is 6.17. The number of nitrogens with zero attached hydrogens (tertiary/aromatic N) is 7. The van der Waals surface area contributed by atoms with E-state index in [1.165, 1.54) is 28.0 Å². The van der Waals surface area contributed by atoms with E-state index in [0.29, 0.717) is 34.9 Å². The average Bonchev–Trinajstić information content (AvgIpc) is 2.14. The summed E-state index contributed by atoms with van der Waals surface area (Å²) in [5.41, 5.74) is 16.6. The third-order valence-electron chi connectivity index (χ3n) is 16.8. The molecule has 0 radical (unpaired) electrons. The topological polar surface area (TPSA) is 82.3 Å². The predicted molar refractivity (Wildman–Crippen MR) is 325 cm³/mol. The molecular formula is C74H49N7. The molecular weight excluding hydrogens is 987 g/mol. The normalized spacial score (nSPS) is 15.5. The van der Waals surface area contributed by atoms with Crippen LogP contribution in [0.25, 0.3) is 95.8 Å². The molecule has 16 rings (SSSR count). The molecule has 0 N–H and O–H groups in total. The number of benzene rings is 10. The highest BCUT2D eigenvalue weighted by Gasteiger charge is 2.53. The van der Waals surface area contributed by atoms with Gasteiger partial charge in [-0.25, -0.2) is 29.9 Å². The molecule has 5 heterocycles. The Morgan fingerprint density at radius 3 is 1.00 bits per heavy atom. The highest BCUT2D eigenvalue weighted by atomic mass is 15.1. The largest absolute Gasteiger partial charge is 0.308 e. The van der Waals surface area contributed by atoms with E-state index >= 15 is 0 Å². The molecule has 10 aromatic carbocycles. The minimum Gasteiger partial charge on any atom is -0.308 e. The van der Waals surface area contributed by atoms with Gasteiger partial charge in [0, 0.05) is 44.2 Å². The quantitative estimate of drug-likeness (QED) is 0.136. The van der Waals surface area contributed by atoms with Crippen LogP contribution in [-0.4, -0.2) is 34.5 Å². The molecule has 81 heavy (non-hydrogen) atoms. The maximum Gasteiger partial charge on any atom is 0.164 e. The van der Waals surface area contributed by atoms with Crippen LogP contribution in [0.3, 0.4) is 0 Å². The van der Waals surface area contributed by atoms with Crippen LogP contribution in [0.1, 0.15) is 51.8 Å². The van der Waals surface area contributed by atoms with Gasteiger partial charge in [-0.3, -0.25) is 0 Å². The van der Waals surface area contributed by atoms with Crippen molar-refractivity contribution in [1.29, 1.82) is 0 Å². The van der Waals surface area contributed by atoms with E-state index < -0.39 is 10.8 Å². The Kier molecular flexibility index (Phi) is 10.7. The molecule has 0 saturated carbocycles. The lowest BCUT2D eigenvalue weighted by Crippen LogP contribution is -2.41. The maximum absolute atomic E-state index is 5.45. The molecule has 0 amide bonds. The summed E-state index contributed by atoms with van der Waals surface area (Å²) >= 11 is 0. The molecule has 7 nitrogen and oxygen atoms in total. The molecule has 13 aromatic rings. The molecule has 1 atom stereocenters. The van der Waals surface area contributed by atoms with Crippen molar-refractivity contribution in [3.05, 3.63) is 318 Å². The molecule has 0 fully saturated rings. The van der Waals surface area contributed by atoms with E-state index in [1.807, 2.05) is 72.8 Å². The van der Waals surface area contributed by atoms with Gasteiger partial charge in [0.05, 0.1) is 27.6 Å². The Bertz CT molecular complexity index is 4500. The smallest absolute Gasteiger partial charge is 0.164 e. The van der Waals surface area contributed by atoms with Crippen LogP contribution < -0.4 is 0 Å². The second kappa shape index (κ2) is 18.6. The number of para-hydroxylation sites is 1. The first-order valence-electron chi connectivity index (χ1n) is 27.8. The van der Waals surface area contributed by atoms with Gasteiger partial charge in [0.1, 0.15) is 0 Å². The molecule has 0 saturated heterocycles. The summed E-state index contributed by atoms with van der Waals surface area (Å²) in [4.78, 5) is 32.2. The number of fused-ring (bicyclic) bond motifs is 1. The van der Waals surface area contributed by atoms with Crippen LogP contribution in [0.5, 0.6) is 0 Å². The highest BCUT2D eigenvalue weighted by Crippen LogP contribution is 2.63. The third-order valence-corrected chi connectivity index (χ3v) is 16.8.